The van der Waals surface area contributed by atoms with Crippen LogP contribution in [0.1, 0.15) is 56.9 Å². The van der Waals surface area contributed by atoms with Gasteiger partial charge in [-0.05, 0) is 43.4 Å². The molecule has 0 aliphatic heterocycles. The van der Waals surface area contributed by atoms with Crippen molar-refractivity contribution in [1.29, 1.82) is 0 Å². The van der Waals surface area contributed by atoms with Gasteiger partial charge in [0.1, 0.15) is 6.04 Å². The van der Waals surface area contributed by atoms with E-state index in [1.807, 2.05) is 45.0 Å². The molecule has 0 radical (unpaired) electrons. The Labute approximate surface area is 231 Å². The summed E-state index contributed by atoms with van der Waals surface area (Å²) in [6.45, 7) is 9.66. The lowest BCUT2D eigenvalue weighted by Gasteiger charge is -2.34. The molecule has 0 aliphatic rings. The first-order chi connectivity index (χ1) is 18.5. The van der Waals surface area contributed by atoms with Gasteiger partial charge < -0.3 is 14.7 Å². The van der Waals surface area contributed by atoms with Crippen molar-refractivity contribution in [2.24, 2.45) is 5.92 Å². The van der Waals surface area contributed by atoms with Gasteiger partial charge in [0.25, 0.3) is 10.0 Å². The third-order valence-electron chi connectivity index (χ3n) is 7.00. The van der Waals surface area contributed by atoms with Crippen LogP contribution in [0.4, 0.5) is 5.88 Å². The largest absolute Gasteiger partial charge is 0.357 e. The summed E-state index contributed by atoms with van der Waals surface area (Å²) in [5, 5.41) is 6.53. The van der Waals surface area contributed by atoms with Gasteiger partial charge in [0, 0.05) is 31.1 Å². The first-order valence-corrected chi connectivity index (χ1v) is 14.7. The highest BCUT2D eigenvalue weighted by atomic mass is 32.2. The fourth-order valence-corrected chi connectivity index (χ4v) is 5.67. The summed E-state index contributed by atoms with van der Waals surface area (Å²) < 4.78 is 34.2. The number of anilines is 1. The molecule has 2 atom stereocenters. The molecule has 10 heteroatoms. The fraction of sp³-hybridized carbons (Fsp3) is 0.414. The van der Waals surface area contributed by atoms with Crippen LogP contribution in [-0.2, 0) is 26.2 Å². The zero-order valence-corrected chi connectivity index (χ0v) is 24.3. The maximum atomic E-state index is 13.3. The Hall–Kier alpha value is -3.66. The number of amides is 2. The molecule has 2 unspecified atom stereocenters. The van der Waals surface area contributed by atoms with E-state index >= 15 is 0 Å². The maximum absolute atomic E-state index is 13.3. The minimum absolute atomic E-state index is 0.0219. The number of aryl methyl sites for hydroxylation is 1. The average Bonchev–Trinajstić information content (AvgIpc) is 3.24. The van der Waals surface area contributed by atoms with Gasteiger partial charge in [0.05, 0.1) is 10.6 Å². The molecule has 0 bridgehead atoms. The number of aromatic nitrogens is 1. The molecule has 1 heterocycles. The molecule has 2 amide bonds. The molecule has 1 aromatic heterocycles. The Morgan fingerprint density at radius 3 is 2.28 bits per heavy atom. The van der Waals surface area contributed by atoms with Crippen LogP contribution in [0, 0.1) is 19.8 Å². The van der Waals surface area contributed by atoms with Crippen molar-refractivity contribution >= 4 is 27.7 Å². The Morgan fingerprint density at radius 1 is 1.05 bits per heavy atom. The standard InChI is InChI=1S/C29H38N4O5S/c1-7-11-26(34)33(27(19(3)8-2)28(35)30-6)18-22-14-16-23(17-15-22)24-12-9-10-13-25(24)39(36,37)32-29-20(4)21(5)31-38-29/h9-10,12-17,19,27,32H,7-8,11,18H2,1-6H3,(H,30,35). The van der Waals surface area contributed by atoms with Crippen LogP contribution in [0.3, 0.4) is 0 Å². The van der Waals surface area contributed by atoms with E-state index in [0.717, 1.165) is 12.0 Å². The smallest absolute Gasteiger partial charge is 0.264 e. The monoisotopic (exact) mass is 554 g/mol. The predicted octanol–water partition coefficient (Wildman–Crippen LogP) is 5.05. The summed E-state index contributed by atoms with van der Waals surface area (Å²) in [6.07, 6.45) is 1.78. The lowest BCUT2D eigenvalue weighted by atomic mass is 9.95. The van der Waals surface area contributed by atoms with Gasteiger partial charge in [-0.1, -0.05) is 74.8 Å². The normalized spacial score (nSPS) is 13.0. The average molecular weight is 555 g/mol. The lowest BCUT2D eigenvalue weighted by molar-refractivity contribution is -0.143. The quantitative estimate of drug-likeness (QED) is 0.323. The Morgan fingerprint density at radius 2 is 1.72 bits per heavy atom. The van der Waals surface area contributed by atoms with Crippen LogP contribution in [-0.4, -0.2) is 43.4 Å². The number of carbonyl (C=O) groups excluding carboxylic acids is 2. The number of sulfonamides is 1. The van der Waals surface area contributed by atoms with Gasteiger partial charge in [-0.3, -0.25) is 9.59 Å². The van der Waals surface area contributed by atoms with Crippen LogP contribution in [0.2, 0.25) is 0 Å². The van der Waals surface area contributed by atoms with Crippen molar-refractivity contribution in [3.05, 3.63) is 65.4 Å². The van der Waals surface area contributed by atoms with Crippen molar-refractivity contribution < 1.29 is 22.5 Å². The Bertz CT molecular complexity index is 1400. The number of benzene rings is 2. The first kappa shape index (κ1) is 29.9. The number of carbonyl (C=O) groups is 2. The molecule has 0 aliphatic carbocycles. The summed E-state index contributed by atoms with van der Waals surface area (Å²) in [4.78, 5) is 27.7. The molecule has 0 saturated carbocycles. The van der Waals surface area contributed by atoms with Crippen molar-refractivity contribution in [2.75, 3.05) is 11.8 Å². The van der Waals surface area contributed by atoms with Crippen LogP contribution in [0.5, 0.6) is 0 Å². The van der Waals surface area contributed by atoms with Crippen LogP contribution < -0.4 is 10.0 Å². The number of hydrogen-bond acceptors (Lipinski definition) is 6. The van der Waals surface area contributed by atoms with Gasteiger partial charge in [-0.15, -0.1) is 0 Å². The van der Waals surface area contributed by atoms with E-state index in [4.69, 9.17) is 4.52 Å². The van der Waals surface area contributed by atoms with E-state index in [9.17, 15) is 18.0 Å². The molecule has 0 fully saturated rings. The molecular formula is C29H38N4O5S. The molecule has 210 valence electrons. The number of hydrogen-bond donors (Lipinski definition) is 2. The van der Waals surface area contributed by atoms with Gasteiger partial charge >= 0.3 is 0 Å². The van der Waals surface area contributed by atoms with Crippen LogP contribution >= 0.6 is 0 Å². The predicted molar refractivity (Wildman–Crippen MR) is 151 cm³/mol. The van der Waals surface area contributed by atoms with Crippen molar-refractivity contribution in [1.82, 2.24) is 15.4 Å². The summed E-state index contributed by atoms with van der Waals surface area (Å²) in [5.74, 6) is -0.196. The third-order valence-corrected chi connectivity index (χ3v) is 8.39. The molecule has 3 aromatic rings. The summed E-state index contributed by atoms with van der Waals surface area (Å²) in [5.41, 5.74) is 3.28. The Balaban J connectivity index is 1.93. The SMILES string of the molecule is CCCC(=O)N(Cc1ccc(-c2ccccc2S(=O)(=O)Nc2onc(C)c2C)cc1)C(C(=O)NC)C(C)CC. The highest BCUT2D eigenvalue weighted by Crippen LogP contribution is 2.30. The second-order valence-corrected chi connectivity index (χ2v) is 11.4. The van der Waals surface area contributed by atoms with E-state index in [2.05, 4.69) is 15.2 Å². The topological polar surface area (TPSA) is 122 Å². The van der Waals surface area contributed by atoms with Crippen molar-refractivity contribution in [3.8, 4) is 11.1 Å². The zero-order chi connectivity index (χ0) is 28.7. The highest BCUT2D eigenvalue weighted by molar-refractivity contribution is 7.92. The summed E-state index contributed by atoms with van der Waals surface area (Å²) in [7, 11) is -2.38. The van der Waals surface area contributed by atoms with E-state index in [1.54, 1.807) is 44.0 Å². The highest BCUT2D eigenvalue weighted by Gasteiger charge is 2.33. The van der Waals surface area contributed by atoms with Gasteiger partial charge in [0.2, 0.25) is 17.7 Å². The van der Waals surface area contributed by atoms with Crippen molar-refractivity contribution in [3.63, 3.8) is 0 Å². The Kier molecular flexibility index (Phi) is 9.91. The van der Waals surface area contributed by atoms with Crippen molar-refractivity contribution in [2.45, 2.75) is 71.4 Å². The van der Waals surface area contributed by atoms with E-state index in [-0.39, 0.29) is 35.1 Å². The molecule has 2 aromatic carbocycles. The number of rotatable bonds is 12. The maximum Gasteiger partial charge on any atom is 0.264 e. The lowest BCUT2D eigenvalue weighted by Crippen LogP contribution is -2.51. The van der Waals surface area contributed by atoms with Crippen LogP contribution in [0.25, 0.3) is 11.1 Å². The molecule has 0 spiro atoms. The molecule has 39 heavy (non-hydrogen) atoms. The second kappa shape index (κ2) is 12.9. The number of likely N-dealkylation sites (N-methyl/N-ethyl adjacent to an activating group) is 1. The molecule has 0 saturated heterocycles. The van der Waals surface area contributed by atoms with E-state index < -0.39 is 16.1 Å². The molecule has 9 nitrogen and oxygen atoms in total. The summed E-state index contributed by atoms with van der Waals surface area (Å²) in [6, 6.07) is 13.5. The van der Waals surface area contributed by atoms with E-state index in [1.165, 1.54) is 6.07 Å². The molecule has 3 rings (SSSR count). The van der Waals surface area contributed by atoms with Gasteiger partial charge in [-0.25, -0.2) is 13.1 Å². The first-order valence-electron chi connectivity index (χ1n) is 13.2. The third kappa shape index (κ3) is 6.86. The van der Waals surface area contributed by atoms with Gasteiger partial charge in [-0.2, -0.15) is 0 Å². The van der Waals surface area contributed by atoms with Gasteiger partial charge in [0.15, 0.2) is 0 Å². The minimum Gasteiger partial charge on any atom is -0.357 e. The van der Waals surface area contributed by atoms with E-state index in [0.29, 0.717) is 35.2 Å². The fourth-order valence-electron chi connectivity index (χ4n) is 4.39. The molecular weight excluding hydrogens is 516 g/mol. The summed E-state index contributed by atoms with van der Waals surface area (Å²) >= 11 is 0. The zero-order valence-electron chi connectivity index (χ0n) is 23.4. The second-order valence-electron chi connectivity index (χ2n) is 9.74. The number of nitrogens with one attached hydrogen (secondary N) is 2. The molecule has 2 N–H and O–H groups in total. The van der Waals surface area contributed by atoms with Crippen LogP contribution in [0.15, 0.2) is 57.9 Å². The number of nitrogens with zero attached hydrogens (tertiary/aromatic N) is 2. The minimum atomic E-state index is -3.97.